The van der Waals surface area contributed by atoms with Gasteiger partial charge in [0.1, 0.15) is 13.2 Å². The van der Waals surface area contributed by atoms with E-state index in [2.05, 4.69) is 5.32 Å². The quantitative estimate of drug-likeness (QED) is 0.843. The number of esters is 1. The first-order valence-corrected chi connectivity index (χ1v) is 6.79. The van der Waals surface area contributed by atoms with Gasteiger partial charge in [0.2, 0.25) is 0 Å². The molecule has 2 aromatic rings. The van der Waals surface area contributed by atoms with Gasteiger partial charge in [-0.2, -0.15) is 0 Å². The highest BCUT2D eigenvalue weighted by atomic mass is 35.5. The summed E-state index contributed by atoms with van der Waals surface area (Å²) < 4.78 is 5.14. The van der Waals surface area contributed by atoms with E-state index < -0.39 is 0 Å². The summed E-state index contributed by atoms with van der Waals surface area (Å²) in [5.41, 5.74) is 1.60. The van der Waals surface area contributed by atoms with Crippen LogP contribution in [0.5, 0.6) is 0 Å². The van der Waals surface area contributed by atoms with Crippen LogP contribution in [0.1, 0.15) is 5.56 Å². The highest BCUT2D eigenvalue weighted by Crippen LogP contribution is 2.16. The SMILES string of the molecule is O=C(CNc1ccc(Cl)cc1)OCc1ccccc1Cl. The van der Waals surface area contributed by atoms with Gasteiger partial charge in [0.25, 0.3) is 0 Å². The number of hydrogen-bond acceptors (Lipinski definition) is 3. The number of ether oxygens (including phenoxy) is 1. The van der Waals surface area contributed by atoms with Crippen molar-refractivity contribution in [3.63, 3.8) is 0 Å². The minimum atomic E-state index is -0.347. The van der Waals surface area contributed by atoms with E-state index in [1.54, 1.807) is 30.3 Å². The zero-order chi connectivity index (χ0) is 14.4. The van der Waals surface area contributed by atoms with Crippen LogP contribution >= 0.6 is 23.2 Å². The molecule has 0 heterocycles. The van der Waals surface area contributed by atoms with Crippen LogP contribution in [0, 0.1) is 0 Å². The number of anilines is 1. The maximum atomic E-state index is 11.6. The largest absolute Gasteiger partial charge is 0.459 e. The Morgan fingerprint density at radius 1 is 1.05 bits per heavy atom. The van der Waals surface area contributed by atoms with E-state index in [0.29, 0.717) is 10.0 Å². The van der Waals surface area contributed by atoms with Crippen molar-refractivity contribution < 1.29 is 9.53 Å². The monoisotopic (exact) mass is 309 g/mol. The van der Waals surface area contributed by atoms with E-state index >= 15 is 0 Å². The number of carbonyl (C=O) groups excluding carboxylic acids is 1. The molecule has 0 aliphatic rings. The number of benzene rings is 2. The first kappa shape index (κ1) is 14.7. The Kier molecular flexibility index (Phi) is 5.27. The third-order valence-corrected chi connectivity index (χ3v) is 3.25. The Labute approximate surface area is 127 Å². The molecule has 104 valence electrons. The molecule has 0 atom stereocenters. The summed E-state index contributed by atoms with van der Waals surface area (Å²) in [5.74, 6) is -0.347. The maximum absolute atomic E-state index is 11.6. The average molecular weight is 310 g/mol. The van der Waals surface area contributed by atoms with Crippen LogP contribution in [-0.4, -0.2) is 12.5 Å². The minimum Gasteiger partial charge on any atom is -0.459 e. The molecule has 0 spiro atoms. The Balaban J connectivity index is 1.78. The van der Waals surface area contributed by atoms with Crippen molar-refractivity contribution in [2.24, 2.45) is 0 Å². The van der Waals surface area contributed by atoms with E-state index in [9.17, 15) is 4.79 Å². The summed E-state index contributed by atoms with van der Waals surface area (Å²) in [6.07, 6.45) is 0. The predicted octanol–water partition coefficient (Wildman–Crippen LogP) is 4.15. The summed E-state index contributed by atoms with van der Waals surface area (Å²) in [7, 11) is 0. The molecular formula is C15H13Cl2NO2. The molecule has 0 bridgehead atoms. The zero-order valence-electron chi connectivity index (χ0n) is 10.6. The molecule has 3 nitrogen and oxygen atoms in total. The molecule has 0 amide bonds. The van der Waals surface area contributed by atoms with Gasteiger partial charge in [-0.1, -0.05) is 41.4 Å². The highest BCUT2D eigenvalue weighted by molar-refractivity contribution is 6.31. The van der Waals surface area contributed by atoms with Gasteiger partial charge in [0.15, 0.2) is 0 Å². The molecule has 0 radical (unpaired) electrons. The van der Waals surface area contributed by atoms with Gasteiger partial charge < -0.3 is 10.1 Å². The van der Waals surface area contributed by atoms with Crippen molar-refractivity contribution in [2.45, 2.75) is 6.61 Å². The second kappa shape index (κ2) is 7.17. The molecule has 0 aliphatic heterocycles. The molecule has 2 aromatic carbocycles. The van der Waals surface area contributed by atoms with Crippen molar-refractivity contribution in [2.75, 3.05) is 11.9 Å². The molecule has 0 fully saturated rings. The third kappa shape index (κ3) is 4.44. The smallest absolute Gasteiger partial charge is 0.325 e. The topological polar surface area (TPSA) is 38.3 Å². The molecule has 1 N–H and O–H groups in total. The summed E-state index contributed by atoms with van der Waals surface area (Å²) in [6.45, 7) is 0.257. The fourth-order valence-corrected chi connectivity index (χ4v) is 1.88. The summed E-state index contributed by atoms with van der Waals surface area (Å²) in [5, 5.41) is 4.20. The number of carbonyl (C=O) groups is 1. The Hall–Kier alpha value is -1.71. The summed E-state index contributed by atoms with van der Waals surface area (Å²) in [4.78, 5) is 11.6. The number of rotatable bonds is 5. The van der Waals surface area contributed by atoms with Crippen LogP contribution in [0.15, 0.2) is 48.5 Å². The number of hydrogen-bond donors (Lipinski definition) is 1. The van der Waals surface area contributed by atoms with E-state index in [4.69, 9.17) is 27.9 Å². The second-order valence-corrected chi connectivity index (χ2v) is 4.96. The van der Waals surface area contributed by atoms with Gasteiger partial charge in [-0.3, -0.25) is 4.79 Å². The van der Waals surface area contributed by atoms with Crippen molar-refractivity contribution in [1.29, 1.82) is 0 Å². The van der Waals surface area contributed by atoms with Gasteiger partial charge >= 0.3 is 5.97 Å². The number of halogens is 2. The standard InChI is InChI=1S/C15H13Cl2NO2/c16-12-5-7-13(8-6-12)18-9-15(19)20-10-11-3-1-2-4-14(11)17/h1-8,18H,9-10H2. The molecular weight excluding hydrogens is 297 g/mol. The van der Waals surface area contributed by atoms with Gasteiger partial charge in [-0.05, 0) is 30.3 Å². The molecule has 2 rings (SSSR count). The fraction of sp³-hybridized carbons (Fsp3) is 0.133. The van der Waals surface area contributed by atoms with Crippen LogP contribution in [0.25, 0.3) is 0 Å². The predicted molar refractivity (Wildman–Crippen MR) is 81.2 cm³/mol. The fourth-order valence-electron chi connectivity index (χ4n) is 1.57. The van der Waals surface area contributed by atoms with Crippen LogP contribution < -0.4 is 5.32 Å². The third-order valence-electron chi connectivity index (χ3n) is 2.63. The summed E-state index contributed by atoms with van der Waals surface area (Å²) in [6, 6.07) is 14.3. The molecule has 20 heavy (non-hydrogen) atoms. The van der Waals surface area contributed by atoms with Gasteiger partial charge in [-0.25, -0.2) is 0 Å². The number of nitrogens with one attached hydrogen (secondary N) is 1. The van der Waals surface area contributed by atoms with Crippen LogP contribution in [0.3, 0.4) is 0 Å². The second-order valence-electron chi connectivity index (χ2n) is 4.11. The van der Waals surface area contributed by atoms with E-state index in [1.165, 1.54) is 0 Å². The first-order valence-electron chi connectivity index (χ1n) is 6.03. The molecule has 0 aliphatic carbocycles. The van der Waals surface area contributed by atoms with Crippen molar-refractivity contribution in [3.05, 3.63) is 64.1 Å². The first-order chi connectivity index (χ1) is 9.65. The summed E-state index contributed by atoms with van der Waals surface area (Å²) >= 11 is 11.8. The van der Waals surface area contributed by atoms with E-state index in [1.807, 2.05) is 18.2 Å². The normalized spacial score (nSPS) is 10.1. The minimum absolute atomic E-state index is 0.0894. The van der Waals surface area contributed by atoms with E-state index in [0.717, 1.165) is 11.3 Å². The molecule has 0 aromatic heterocycles. The van der Waals surface area contributed by atoms with Crippen molar-refractivity contribution in [3.8, 4) is 0 Å². The van der Waals surface area contributed by atoms with Gasteiger partial charge in [-0.15, -0.1) is 0 Å². The van der Waals surface area contributed by atoms with Crippen LogP contribution in [0.2, 0.25) is 10.0 Å². The van der Waals surface area contributed by atoms with Crippen LogP contribution in [0.4, 0.5) is 5.69 Å². The van der Waals surface area contributed by atoms with Crippen molar-refractivity contribution in [1.82, 2.24) is 0 Å². The van der Waals surface area contributed by atoms with Gasteiger partial charge in [0.05, 0.1) is 0 Å². The van der Waals surface area contributed by atoms with Crippen LogP contribution in [-0.2, 0) is 16.1 Å². The maximum Gasteiger partial charge on any atom is 0.325 e. The molecule has 5 heteroatoms. The highest BCUT2D eigenvalue weighted by Gasteiger charge is 2.05. The Bertz CT molecular complexity index is 585. The molecule has 0 saturated carbocycles. The Morgan fingerprint density at radius 3 is 2.45 bits per heavy atom. The molecule has 0 saturated heterocycles. The van der Waals surface area contributed by atoms with Crippen molar-refractivity contribution >= 4 is 34.9 Å². The lowest BCUT2D eigenvalue weighted by atomic mass is 10.2. The Morgan fingerprint density at radius 2 is 1.75 bits per heavy atom. The lowest BCUT2D eigenvalue weighted by molar-refractivity contribution is -0.142. The van der Waals surface area contributed by atoms with E-state index in [-0.39, 0.29) is 19.1 Å². The van der Waals surface area contributed by atoms with Gasteiger partial charge in [0, 0.05) is 21.3 Å². The lowest BCUT2D eigenvalue weighted by Gasteiger charge is -2.08. The zero-order valence-corrected chi connectivity index (χ0v) is 12.1. The molecule has 0 unspecified atom stereocenters. The lowest BCUT2D eigenvalue weighted by Crippen LogP contribution is -2.16. The average Bonchev–Trinajstić information content (AvgIpc) is 2.46.